The summed E-state index contributed by atoms with van der Waals surface area (Å²) in [7, 11) is 1.08. The maximum absolute atomic E-state index is 14.2. The van der Waals surface area contributed by atoms with Gasteiger partial charge < -0.3 is 24.8 Å². The summed E-state index contributed by atoms with van der Waals surface area (Å²) >= 11 is 0. The molecular weight excluding hydrogens is 462 g/mol. The van der Waals surface area contributed by atoms with E-state index in [1.54, 1.807) is 24.4 Å². The third kappa shape index (κ3) is 5.17. The number of fused-ring (bicyclic) bond motifs is 1. The van der Waals surface area contributed by atoms with Crippen molar-refractivity contribution in [3.8, 4) is 11.5 Å². The van der Waals surface area contributed by atoms with Gasteiger partial charge in [-0.05, 0) is 82.8 Å². The average molecular weight is 488 g/mol. The summed E-state index contributed by atoms with van der Waals surface area (Å²) in [6.45, 7) is 2.19. The monoisotopic (exact) mass is 488 g/mol. The molecular formula is C27H26BFN2O5. The maximum Gasteiger partial charge on any atom is 0.496 e. The van der Waals surface area contributed by atoms with Crippen LogP contribution < -0.4 is 20.3 Å². The molecule has 0 saturated carbocycles. The van der Waals surface area contributed by atoms with Gasteiger partial charge in [0.15, 0.2) is 0 Å². The van der Waals surface area contributed by atoms with Crippen LogP contribution in [0.1, 0.15) is 35.7 Å². The fraction of sp³-hybridized carbons (Fsp3) is 0.185. The van der Waals surface area contributed by atoms with Gasteiger partial charge >= 0.3 is 7.12 Å². The van der Waals surface area contributed by atoms with Crippen LogP contribution in [0.25, 0.3) is 17.2 Å². The number of carbonyl (C=O) groups excluding carboxylic acids is 1. The maximum atomic E-state index is 14.2. The summed E-state index contributed by atoms with van der Waals surface area (Å²) in [5.74, 6) is -0.0801. The molecule has 36 heavy (non-hydrogen) atoms. The molecule has 2 aromatic carbocycles. The van der Waals surface area contributed by atoms with Gasteiger partial charge in [-0.2, -0.15) is 0 Å². The Hall–Kier alpha value is -3.95. The van der Waals surface area contributed by atoms with Crippen molar-refractivity contribution < 1.29 is 28.7 Å². The third-order valence-electron chi connectivity index (χ3n) is 6.12. The van der Waals surface area contributed by atoms with Crippen molar-refractivity contribution in [1.82, 2.24) is 10.3 Å². The third-order valence-corrected chi connectivity index (χ3v) is 6.12. The van der Waals surface area contributed by atoms with E-state index < -0.39 is 7.12 Å². The fourth-order valence-corrected chi connectivity index (χ4v) is 4.36. The van der Waals surface area contributed by atoms with Gasteiger partial charge in [-0.15, -0.1) is 0 Å². The first kappa shape index (κ1) is 25.2. The van der Waals surface area contributed by atoms with Crippen LogP contribution in [0.2, 0.25) is 0 Å². The second-order valence-corrected chi connectivity index (χ2v) is 8.34. The summed E-state index contributed by atoms with van der Waals surface area (Å²) in [5, 5.41) is 22.4. The van der Waals surface area contributed by atoms with Gasteiger partial charge in [0.2, 0.25) is 5.91 Å². The number of amides is 1. The Bertz CT molecular complexity index is 1330. The molecule has 0 saturated heterocycles. The van der Waals surface area contributed by atoms with Gasteiger partial charge in [-0.25, -0.2) is 4.39 Å². The molecule has 0 atom stereocenters. The predicted octanol–water partition coefficient (Wildman–Crippen LogP) is 2.95. The molecule has 7 nitrogen and oxygen atoms in total. The molecule has 3 aromatic rings. The molecule has 1 heterocycles. The van der Waals surface area contributed by atoms with E-state index >= 15 is 0 Å². The van der Waals surface area contributed by atoms with E-state index in [0.717, 1.165) is 28.0 Å². The van der Waals surface area contributed by atoms with Crippen LogP contribution in [0, 0.1) is 5.82 Å². The van der Waals surface area contributed by atoms with E-state index in [0.29, 0.717) is 17.7 Å². The zero-order valence-corrected chi connectivity index (χ0v) is 20.2. The number of carbonyl (C=O) groups is 1. The molecule has 0 fully saturated rings. The second-order valence-electron chi connectivity index (χ2n) is 8.34. The predicted molar refractivity (Wildman–Crippen MR) is 137 cm³/mol. The van der Waals surface area contributed by atoms with Crippen LogP contribution in [-0.2, 0) is 11.3 Å². The zero-order valence-electron chi connectivity index (χ0n) is 20.2. The molecule has 184 valence electrons. The fourth-order valence-electron chi connectivity index (χ4n) is 4.36. The van der Waals surface area contributed by atoms with Crippen molar-refractivity contribution >= 4 is 35.7 Å². The Morgan fingerprint density at radius 1 is 1.08 bits per heavy atom. The Balaban J connectivity index is 1.70. The number of halogens is 1. The SMILES string of the molecule is COc1cc(C=C2C(C)=C(CC(=O)NCc3ccccn3)c3cc(F)ccc32)cc(OC)c1B(O)O. The van der Waals surface area contributed by atoms with Crippen molar-refractivity contribution in [3.63, 3.8) is 0 Å². The van der Waals surface area contributed by atoms with Crippen LogP contribution in [0.3, 0.4) is 0 Å². The van der Waals surface area contributed by atoms with E-state index in [1.165, 1.54) is 26.4 Å². The molecule has 0 spiro atoms. The second kappa shape index (κ2) is 10.8. The molecule has 1 aliphatic carbocycles. The van der Waals surface area contributed by atoms with Crippen LogP contribution in [0.15, 0.2) is 60.3 Å². The first-order valence-corrected chi connectivity index (χ1v) is 11.3. The molecule has 0 bridgehead atoms. The first-order chi connectivity index (χ1) is 17.3. The molecule has 0 unspecified atom stereocenters. The molecule has 1 aromatic heterocycles. The minimum atomic E-state index is -1.77. The molecule has 0 radical (unpaired) electrons. The number of benzene rings is 2. The van der Waals surface area contributed by atoms with Gasteiger partial charge in [0.25, 0.3) is 0 Å². The largest absolute Gasteiger partial charge is 0.497 e. The Morgan fingerprint density at radius 2 is 1.81 bits per heavy atom. The molecule has 9 heteroatoms. The van der Waals surface area contributed by atoms with Crippen molar-refractivity contribution in [2.24, 2.45) is 0 Å². The normalized spacial score (nSPS) is 13.6. The van der Waals surface area contributed by atoms with Crippen molar-refractivity contribution in [1.29, 1.82) is 0 Å². The van der Waals surface area contributed by atoms with Gasteiger partial charge in [0, 0.05) is 6.20 Å². The van der Waals surface area contributed by atoms with Crippen LogP contribution in [-0.4, -0.2) is 42.3 Å². The van der Waals surface area contributed by atoms with Gasteiger partial charge in [0.1, 0.15) is 17.3 Å². The number of ether oxygens (including phenoxy) is 2. The number of allylic oxidation sites excluding steroid dienone is 2. The lowest BCUT2D eigenvalue weighted by Gasteiger charge is -2.14. The van der Waals surface area contributed by atoms with E-state index in [4.69, 9.17) is 9.47 Å². The average Bonchev–Trinajstić information content (AvgIpc) is 3.12. The number of rotatable bonds is 8. The van der Waals surface area contributed by atoms with Gasteiger partial charge in [-0.3, -0.25) is 9.78 Å². The molecule has 4 rings (SSSR count). The number of nitrogens with zero attached hydrogens (tertiary/aromatic N) is 1. The minimum absolute atomic E-state index is 0.0781. The van der Waals surface area contributed by atoms with Gasteiger partial charge in [0.05, 0.1) is 38.3 Å². The highest BCUT2D eigenvalue weighted by atomic mass is 19.1. The number of nitrogens with one attached hydrogen (secondary N) is 1. The highest BCUT2D eigenvalue weighted by molar-refractivity contribution is 6.61. The first-order valence-electron chi connectivity index (χ1n) is 11.3. The summed E-state index contributed by atoms with van der Waals surface area (Å²) < 4.78 is 24.9. The zero-order chi connectivity index (χ0) is 25.8. The highest BCUT2D eigenvalue weighted by Crippen LogP contribution is 2.44. The number of methoxy groups -OCH3 is 2. The van der Waals surface area contributed by atoms with Crippen LogP contribution >= 0.6 is 0 Å². The number of hydrogen-bond acceptors (Lipinski definition) is 6. The number of aromatic nitrogens is 1. The Morgan fingerprint density at radius 3 is 2.42 bits per heavy atom. The molecule has 3 N–H and O–H groups in total. The minimum Gasteiger partial charge on any atom is -0.497 e. The van der Waals surface area contributed by atoms with E-state index in [-0.39, 0.29) is 35.1 Å². The Labute approximate surface area is 209 Å². The van der Waals surface area contributed by atoms with Gasteiger partial charge in [-0.1, -0.05) is 12.1 Å². The topological polar surface area (TPSA) is 101 Å². The quantitative estimate of drug-likeness (QED) is 0.422. The molecule has 1 amide bonds. The van der Waals surface area contributed by atoms with E-state index in [9.17, 15) is 19.2 Å². The van der Waals surface area contributed by atoms with Crippen molar-refractivity contribution in [2.75, 3.05) is 14.2 Å². The lowest BCUT2D eigenvalue weighted by Crippen LogP contribution is -2.32. The summed E-state index contributed by atoms with van der Waals surface area (Å²) in [6.07, 6.45) is 3.62. The Kier molecular flexibility index (Phi) is 7.52. The summed E-state index contributed by atoms with van der Waals surface area (Å²) in [5.41, 5.74) is 5.39. The van der Waals surface area contributed by atoms with E-state index in [2.05, 4.69) is 10.3 Å². The number of hydrogen-bond donors (Lipinski definition) is 3. The van der Waals surface area contributed by atoms with Crippen LogP contribution in [0.5, 0.6) is 11.5 Å². The smallest absolute Gasteiger partial charge is 0.496 e. The molecule has 0 aliphatic heterocycles. The highest BCUT2D eigenvalue weighted by Gasteiger charge is 2.27. The van der Waals surface area contributed by atoms with Crippen molar-refractivity contribution in [3.05, 3.63) is 88.5 Å². The standard InChI is InChI=1S/C27H26BFN2O5/c1-16-21(10-17-11-24(35-2)27(28(33)34)25(12-17)36-3)20-8-7-18(29)13-23(20)22(16)14-26(32)31-15-19-6-4-5-9-30-19/h4-13,33-34H,14-15H2,1-3H3,(H,31,32). The summed E-state index contributed by atoms with van der Waals surface area (Å²) in [6, 6.07) is 13.3. The van der Waals surface area contributed by atoms with Crippen molar-refractivity contribution in [2.45, 2.75) is 19.9 Å². The number of pyridine rings is 1. The van der Waals surface area contributed by atoms with E-state index in [1.807, 2.05) is 31.2 Å². The van der Waals surface area contributed by atoms with Crippen LogP contribution in [0.4, 0.5) is 4.39 Å². The molecule has 1 aliphatic rings. The lowest BCUT2D eigenvalue weighted by molar-refractivity contribution is -0.120. The lowest BCUT2D eigenvalue weighted by atomic mass is 9.78. The summed E-state index contributed by atoms with van der Waals surface area (Å²) in [4.78, 5) is 17.0.